The molecule has 1 aliphatic heterocycles. The van der Waals surface area contributed by atoms with Crippen LogP contribution in [0.4, 0.5) is 10.5 Å². The van der Waals surface area contributed by atoms with Gasteiger partial charge < -0.3 is 20.7 Å². The van der Waals surface area contributed by atoms with E-state index < -0.39 is 6.03 Å². The van der Waals surface area contributed by atoms with Gasteiger partial charge in [-0.2, -0.15) is 5.10 Å². The molecule has 8 nitrogen and oxygen atoms in total. The Bertz CT molecular complexity index is 482. The van der Waals surface area contributed by atoms with Crippen LogP contribution in [0.5, 0.6) is 0 Å². The highest BCUT2D eigenvalue weighted by Gasteiger charge is 2.16. The van der Waals surface area contributed by atoms with E-state index in [9.17, 15) is 9.59 Å². The topological polar surface area (TPSA) is 97.3 Å². The molecule has 3 amide bonds. The number of hydrogen-bond acceptors (Lipinski definition) is 4. The van der Waals surface area contributed by atoms with Gasteiger partial charge in [0.15, 0.2) is 0 Å². The van der Waals surface area contributed by atoms with E-state index in [-0.39, 0.29) is 18.6 Å². The van der Waals surface area contributed by atoms with E-state index in [1.165, 1.54) is 0 Å². The van der Waals surface area contributed by atoms with E-state index in [1.54, 1.807) is 17.1 Å². The van der Waals surface area contributed by atoms with Crippen LogP contribution in [-0.2, 0) is 16.1 Å². The van der Waals surface area contributed by atoms with Gasteiger partial charge in [0, 0.05) is 19.3 Å². The summed E-state index contributed by atoms with van der Waals surface area (Å²) in [5.74, 6) is -0.221. The van der Waals surface area contributed by atoms with Crippen molar-refractivity contribution in [3.05, 3.63) is 12.4 Å². The zero-order valence-electron chi connectivity index (χ0n) is 12.1. The van der Waals surface area contributed by atoms with Crippen LogP contribution in [0, 0.1) is 0 Å². The summed E-state index contributed by atoms with van der Waals surface area (Å²) in [5, 5.41) is 11.9. The lowest BCUT2D eigenvalue weighted by atomic mass is 10.2. The summed E-state index contributed by atoms with van der Waals surface area (Å²) in [4.78, 5) is 22.8. The number of aromatic nitrogens is 2. The number of anilines is 1. The van der Waals surface area contributed by atoms with Crippen LogP contribution in [0.15, 0.2) is 12.4 Å². The Labute approximate surface area is 123 Å². The summed E-state index contributed by atoms with van der Waals surface area (Å²) in [6, 6.07) is -0.432. The summed E-state index contributed by atoms with van der Waals surface area (Å²) in [5.41, 5.74) is 0.585. The van der Waals surface area contributed by atoms with Crippen molar-refractivity contribution in [2.24, 2.45) is 0 Å². The third kappa shape index (κ3) is 5.07. The third-order valence-corrected chi connectivity index (χ3v) is 3.09. The Morgan fingerprint density at radius 3 is 3.05 bits per heavy atom. The number of amides is 3. The molecule has 3 N–H and O–H groups in total. The number of hydrogen-bond donors (Lipinski definition) is 3. The summed E-state index contributed by atoms with van der Waals surface area (Å²) in [6.45, 7) is 3.80. The van der Waals surface area contributed by atoms with Crippen molar-refractivity contribution < 1.29 is 14.3 Å². The first-order valence-corrected chi connectivity index (χ1v) is 7.13. The second-order valence-corrected chi connectivity index (χ2v) is 4.85. The molecule has 1 unspecified atom stereocenters. The molecular weight excluding hydrogens is 274 g/mol. The predicted molar refractivity (Wildman–Crippen MR) is 76.9 cm³/mol. The minimum atomic E-state index is -0.432. The maximum absolute atomic E-state index is 11.6. The minimum absolute atomic E-state index is 0.0519. The number of carbonyl (C=O) groups excluding carboxylic acids is 2. The number of rotatable bonds is 6. The maximum Gasteiger partial charge on any atom is 0.319 e. The van der Waals surface area contributed by atoms with Crippen LogP contribution < -0.4 is 16.0 Å². The molecule has 1 aromatic rings. The second kappa shape index (κ2) is 7.63. The zero-order valence-corrected chi connectivity index (χ0v) is 12.1. The lowest BCUT2D eigenvalue weighted by molar-refractivity contribution is -0.119. The van der Waals surface area contributed by atoms with Gasteiger partial charge in [-0.3, -0.25) is 9.48 Å². The van der Waals surface area contributed by atoms with E-state index >= 15 is 0 Å². The van der Waals surface area contributed by atoms with Crippen molar-refractivity contribution in [2.75, 3.05) is 25.0 Å². The van der Waals surface area contributed by atoms with Gasteiger partial charge in [0.1, 0.15) is 0 Å². The van der Waals surface area contributed by atoms with Gasteiger partial charge in [0.2, 0.25) is 5.91 Å². The SMILES string of the molecule is CCNC(=O)CNC(=O)Nc1cnn(CC2CCCO2)c1. The molecule has 1 aromatic heterocycles. The fourth-order valence-corrected chi connectivity index (χ4v) is 2.12. The first-order chi connectivity index (χ1) is 10.2. The molecule has 0 radical (unpaired) electrons. The number of carbonyl (C=O) groups is 2. The molecule has 2 heterocycles. The molecule has 0 aliphatic carbocycles. The highest BCUT2D eigenvalue weighted by molar-refractivity contribution is 5.91. The minimum Gasteiger partial charge on any atom is -0.376 e. The third-order valence-electron chi connectivity index (χ3n) is 3.09. The fraction of sp³-hybridized carbons (Fsp3) is 0.615. The molecule has 8 heteroatoms. The van der Waals surface area contributed by atoms with Gasteiger partial charge in [-0.1, -0.05) is 0 Å². The summed E-state index contributed by atoms with van der Waals surface area (Å²) in [7, 11) is 0. The van der Waals surface area contributed by atoms with Crippen LogP contribution in [0.2, 0.25) is 0 Å². The van der Waals surface area contributed by atoms with E-state index in [1.807, 2.05) is 6.92 Å². The van der Waals surface area contributed by atoms with Crippen molar-refractivity contribution in [3.63, 3.8) is 0 Å². The molecule has 0 aromatic carbocycles. The number of nitrogens with one attached hydrogen (secondary N) is 3. The van der Waals surface area contributed by atoms with Crippen molar-refractivity contribution >= 4 is 17.6 Å². The van der Waals surface area contributed by atoms with Gasteiger partial charge in [0.05, 0.1) is 31.1 Å². The van der Waals surface area contributed by atoms with E-state index in [0.717, 1.165) is 19.4 Å². The molecule has 0 spiro atoms. The zero-order chi connectivity index (χ0) is 15.1. The Morgan fingerprint density at radius 2 is 2.33 bits per heavy atom. The Morgan fingerprint density at radius 1 is 1.48 bits per heavy atom. The van der Waals surface area contributed by atoms with Crippen molar-refractivity contribution in [1.82, 2.24) is 20.4 Å². The van der Waals surface area contributed by atoms with Gasteiger partial charge in [0.25, 0.3) is 0 Å². The molecular formula is C13H21N5O3. The first-order valence-electron chi connectivity index (χ1n) is 7.13. The second-order valence-electron chi connectivity index (χ2n) is 4.85. The van der Waals surface area contributed by atoms with Gasteiger partial charge in [-0.05, 0) is 19.8 Å². The summed E-state index contributed by atoms with van der Waals surface area (Å²) in [6.07, 6.45) is 5.63. The number of ether oxygens (including phenoxy) is 1. The number of likely N-dealkylation sites (N-methyl/N-ethyl adjacent to an activating group) is 1. The number of nitrogens with zero attached hydrogens (tertiary/aromatic N) is 2. The van der Waals surface area contributed by atoms with Gasteiger partial charge in [-0.25, -0.2) is 4.79 Å². The molecule has 0 saturated carbocycles. The lowest BCUT2D eigenvalue weighted by Crippen LogP contribution is -2.38. The van der Waals surface area contributed by atoms with Crippen molar-refractivity contribution in [2.45, 2.75) is 32.4 Å². The Kier molecular flexibility index (Phi) is 5.56. The fourth-order valence-electron chi connectivity index (χ4n) is 2.12. The molecule has 116 valence electrons. The lowest BCUT2D eigenvalue weighted by Gasteiger charge is -2.08. The Balaban J connectivity index is 1.73. The average molecular weight is 295 g/mol. The van der Waals surface area contributed by atoms with E-state index in [0.29, 0.717) is 18.8 Å². The molecule has 0 bridgehead atoms. The maximum atomic E-state index is 11.6. The first kappa shape index (κ1) is 15.3. The molecule has 21 heavy (non-hydrogen) atoms. The van der Waals surface area contributed by atoms with Crippen LogP contribution in [0.25, 0.3) is 0 Å². The van der Waals surface area contributed by atoms with Gasteiger partial charge in [-0.15, -0.1) is 0 Å². The highest BCUT2D eigenvalue weighted by Crippen LogP contribution is 2.14. The summed E-state index contributed by atoms with van der Waals surface area (Å²) < 4.78 is 7.28. The average Bonchev–Trinajstić information content (AvgIpc) is 3.10. The Hall–Kier alpha value is -2.09. The van der Waals surface area contributed by atoms with E-state index in [4.69, 9.17) is 4.74 Å². The van der Waals surface area contributed by atoms with Crippen LogP contribution in [0.1, 0.15) is 19.8 Å². The molecule has 1 aliphatic rings. The predicted octanol–water partition coefficient (Wildman–Crippen LogP) is 0.320. The summed E-state index contributed by atoms with van der Waals surface area (Å²) >= 11 is 0. The van der Waals surface area contributed by atoms with Crippen LogP contribution >= 0.6 is 0 Å². The molecule has 1 fully saturated rings. The van der Waals surface area contributed by atoms with Crippen LogP contribution in [-0.4, -0.2) is 47.5 Å². The number of urea groups is 1. The molecule has 1 atom stereocenters. The quantitative estimate of drug-likeness (QED) is 0.704. The smallest absolute Gasteiger partial charge is 0.319 e. The van der Waals surface area contributed by atoms with Crippen molar-refractivity contribution in [3.8, 4) is 0 Å². The van der Waals surface area contributed by atoms with Crippen LogP contribution in [0.3, 0.4) is 0 Å². The molecule has 2 rings (SSSR count). The monoisotopic (exact) mass is 295 g/mol. The van der Waals surface area contributed by atoms with E-state index in [2.05, 4.69) is 21.0 Å². The van der Waals surface area contributed by atoms with Gasteiger partial charge >= 0.3 is 6.03 Å². The molecule has 1 saturated heterocycles. The highest BCUT2D eigenvalue weighted by atomic mass is 16.5. The standard InChI is InChI=1S/C13H21N5O3/c1-2-14-12(19)7-15-13(20)17-10-6-16-18(8-10)9-11-4-3-5-21-11/h6,8,11H,2-5,7,9H2,1H3,(H,14,19)(H2,15,17,20). The van der Waals surface area contributed by atoms with Crippen molar-refractivity contribution in [1.29, 1.82) is 0 Å². The largest absolute Gasteiger partial charge is 0.376 e. The normalized spacial score (nSPS) is 17.5.